The van der Waals surface area contributed by atoms with Crippen molar-refractivity contribution in [3.63, 3.8) is 0 Å². The van der Waals surface area contributed by atoms with Crippen LogP contribution < -0.4 is 0 Å². The van der Waals surface area contributed by atoms with E-state index in [0.717, 1.165) is 11.4 Å². The molecule has 2 heteroatoms. The fraction of sp³-hybridized carbons (Fsp3) is 0.444. The molecule has 1 aromatic carbocycles. The van der Waals surface area contributed by atoms with E-state index in [1.807, 2.05) is 24.4 Å². The second-order valence-corrected chi connectivity index (χ2v) is 7.09. The topological polar surface area (TPSA) is 25.8 Å². The molecule has 0 unspecified atom stereocenters. The van der Waals surface area contributed by atoms with Gasteiger partial charge in [-0.05, 0) is 23.8 Å². The van der Waals surface area contributed by atoms with E-state index in [0.29, 0.717) is 0 Å². The van der Waals surface area contributed by atoms with Gasteiger partial charge in [-0.15, -0.1) is 0 Å². The average Bonchev–Trinajstić information content (AvgIpc) is 2.45. The van der Waals surface area contributed by atoms with E-state index in [-0.39, 0.29) is 10.8 Å². The van der Waals surface area contributed by atoms with Gasteiger partial charge >= 0.3 is 0 Å². The minimum absolute atomic E-state index is 0.136. The molecule has 0 amide bonds. The average molecular weight is 266 g/mol. The van der Waals surface area contributed by atoms with Gasteiger partial charge in [0.1, 0.15) is 0 Å². The molecule has 0 atom stereocenters. The molecule has 0 saturated carbocycles. The van der Waals surface area contributed by atoms with Gasteiger partial charge in [0.25, 0.3) is 0 Å². The maximum Gasteiger partial charge on any atom is 0.159 e. The number of hydrogen-bond donors (Lipinski definition) is 0. The summed E-state index contributed by atoms with van der Waals surface area (Å²) in [5.41, 5.74) is 3.95. The Hall–Kier alpha value is -1.70. The normalized spacial score (nSPS) is 19.4. The van der Waals surface area contributed by atoms with Crippen LogP contribution >= 0.6 is 0 Å². The van der Waals surface area contributed by atoms with Crippen LogP contribution in [0.2, 0.25) is 0 Å². The van der Waals surface area contributed by atoms with Gasteiger partial charge in [-0.3, -0.25) is 0 Å². The lowest BCUT2D eigenvalue weighted by atomic mass is 9.66. The highest BCUT2D eigenvalue weighted by molar-refractivity contribution is 5.55. The Morgan fingerprint density at radius 2 is 1.55 bits per heavy atom. The van der Waals surface area contributed by atoms with E-state index in [4.69, 9.17) is 4.98 Å². The number of aromatic nitrogens is 2. The van der Waals surface area contributed by atoms with E-state index >= 15 is 0 Å². The summed E-state index contributed by atoms with van der Waals surface area (Å²) in [6.07, 6.45) is 4.42. The van der Waals surface area contributed by atoms with Crippen molar-refractivity contribution in [1.29, 1.82) is 0 Å². The molecule has 0 spiro atoms. The predicted molar refractivity (Wildman–Crippen MR) is 82.8 cm³/mol. The molecule has 0 saturated heterocycles. The van der Waals surface area contributed by atoms with Gasteiger partial charge in [0.15, 0.2) is 5.82 Å². The lowest BCUT2D eigenvalue weighted by molar-refractivity contribution is 0.322. The van der Waals surface area contributed by atoms with Crippen LogP contribution in [0.15, 0.2) is 36.5 Å². The summed E-state index contributed by atoms with van der Waals surface area (Å²) in [5, 5.41) is 0. The van der Waals surface area contributed by atoms with Crippen molar-refractivity contribution in [3.05, 3.63) is 47.8 Å². The molecule has 1 aliphatic carbocycles. The highest BCUT2D eigenvalue weighted by Crippen LogP contribution is 2.44. The third kappa shape index (κ3) is 2.13. The van der Waals surface area contributed by atoms with E-state index < -0.39 is 0 Å². The van der Waals surface area contributed by atoms with Gasteiger partial charge in [0.05, 0.1) is 5.69 Å². The molecule has 1 heterocycles. The van der Waals surface area contributed by atoms with Gasteiger partial charge < -0.3 is 0 Å². The van der Waals surface area contributed by atoms with Crippen molar-refractivity contribution in [2.24, 2.45) is 0 Å². The first-order chi connectivity index (χ1) is 9.40. The lowest BCUT2D eigenvalue weighted by Gasteiger charge is -2.40. The molecule has 0 bridgehead atoms. The Morgan fingerprint density at radius 1 is 0.900 bits per heavy atom. The van der Waals surface area contributed by atoms with Gasteiger partial charge in [-0.25, -0.2) is 9.97 Å². The summed E-state index contributed by atoms with van der Waals surface area (Å²) in [5.74, 6) is 0.843. The summed E-state index contributed by atoms with van der Waals surface area (Å²) in [6, 6.07) is 10.2. The van der Waals surface area contributed by atoms with Crippen LogP contribution in [0.25, 0.3) is 11.4 Å². The SMILES string of the molecule is CC1(C)CCC(C)(C)c2nc(-c3ccccc3)ncc21. The van der Waals surface area contributed by atoms with Gasteiger partial charge in [0, 0.05) is 17.2 Å². The van der Waals surface area contributed by atoms with Crippen LogP contribution in [0.1, 0.15) is 51.8 Å². The zero-order valence-electron chi connectivity index (χ0n) is 12.8. The maximum atomic E-state index is 4.92. The minimum atomic E-state index is 0.136. The van der Waals surface area contributed by atoms with E-state index in [2.05, 4.69) is 44.8 Å². The number of rotatable bonds is 1. The fourth-order valence-electron chi connectivity index (χ4n) is 3.00. The molecule has 0 radical (unpaired) electrons. The van der Waals surface area contributed by atoms with Crippen LogP contribution in [0.3, 0.4) is 0 Å². The molecule has 1 aromatic heterocycles. The van der Waals surface area contributed by atoms with E-state index in [9.17, 15) is 0 Å². The highest BCUT2D eigenvalue weighted by atomic mass is 14.9. The van der Waals surface area contributed by atoms with Gasteiger partial charge in [0.2, 0.25) is 0 Å². The minimum Gasteiger partial charge on any atom is -0.236 e. The smallest absolute Gasteiger partial charge is 0.159 e. The van der Waals surface area contributed by atoms with Crippen LogP contribution in [0, 0.1) is 0 Å². The second-order valence-electron chi connectivity index (χ2n) is 7.09. The summed E-state index contributed by atoms with van der Waals surface area (Å²) in [4.78, 5) is 9.53. The molecule has 20 heavy (non-hydrogen) atoms. The predicted octanol–water partition coefficient (Wildman–Crippen LogP) is 4.49. The highest BCUT2D eigenvalue weighted by Gasteiger charge is 2.38. The molecule has 2 aromatic rings. The van der Waals surface area contributed by atoms with Crippen molar-refractivity contribution in [3.8, 4) is 11.4 Å². The van der Waals surface area contributed by atoms with Crippen molar-refractivity contribution in [2.45, 2.75) is 51.4 Å². The zero-order chi connectivity index (χ0) is 14.4. The first kappa shape index (κ1) is 13.3. The Bertz CT molecular complexity index is 627. The fourth-order valence-corrected chi connectivity index (χ4v) is 3.00. The Kier molecular flexibility index (Phi) is 2.93. The Labute approximate surface area is 121 Å². The van der Waals surface area contributed by atoms with E-state index in [1.165, 1.54) is 24.1 Å². The van der Waals surface area contributed by atoms with Crippen molar-refractivity contribution >= 4 is 0 Å². The molecular weight excluding hydrogens is 244 g/mol. The maximum absolute atomic E-state index is 4.92. The number of hydrogen-bond acceptors (Lipinski definition) is 2. The molecular formula is C18H22N2. The Balaban J connectivity index is 2.16. The zero-order valence-corrected chi connectivity index (χ0v) is 12.8. The van der Waals surface area contributed by atoms with Crippen LogP contribution in [-0.2, 0) is 10.8 Å². The molecule has 0 fully saturated rings. The van der Waals surface area contributed by atoms with Crippen LogP contribution in [0.5, 0.6) is 0 Å². The summed E-state index contributed by atoms with van der Waals surface area (Å²) in [6.45, 7) is 9.19. The third-order valence-corrected chi connectivity index (χ3v) is 4.57. The van der Waals surface area contributed by atoms with Gasteiger partial charge in [-0.1, -0.05) is 58.0 Å². The Morgan fingerprint density at radius 3 is 2.25 bits per heavy atom. The molecule has 0 N–H and O–H groups in total. The molecule has 0 aliphatic heterocycles. The van der Waals surface area contributed by atoms with Crippen molar-refractivity contribution in [1.82, 2.24) is 9.97 Å². The quantitative estimate of drug-likeness (QED) is 0.760. The summed E-state index contributed by atoms with van der Waals surface area (Å²) in [7, 11) is 0. The molecule has 1 aliphatic rings. The lowest BCUT2D eigenvalue weighted by Crippen LogP contribution is -2.35. The first-order valence-corrected chi connectivity index (χ1v) is 7.34. The van der Waals surface area contributed by atoms with Crippen LogP contribution in [0.4, 0.5) is 0 Å². The van der Waals surface area contributed by atoms with Crippen molar-refractivity contribution in [2.75, 3.05) is 0 Å². The van der Waals surface area contributed by atoms with Crippen molar-refractivity contribution < 1.29 is 0 Å². The molecule has 3 rings (SSSR count). The largest absolute Gasteiger partial charge is 0.236 e. The molecule has 2 nitrogen and oxygen atoms in total. The van der Waals surface area contributed by atoms with E-state index in [1.54, 1.807) is 0 Å². The second kappa shape index (κ2) is 4.41. The number of benzene rings is 1. The summed E-state index contributed by atoms with van der Waals surface area (Å²) < 4.78 is 0. The number of nitrogens with zero attached hydrogens (tertiary/aromatic N) is 2. The van der Waals surface area contributed by atoms with Gasteiger partial charge in [-0.2, -0.15) is 0 Å². The molecule has 104 valence electrons. The third-order valence-electron chi connectivity index (χ3n) is 4.57. The standard InChI is InChI=1S/C18H22N2/c1-17(2)10-11-18(3,4)15-14(17)12-19-16(20-15)13-8-6-5-7-9-13/h5-9,12H,10-11H2,1-4H3. The van der Waals surface area contributed by atoms with Crippen LogP contribution in [-0.4, -0.2) is 9.97 Å². The first-order valence-electron chi connectivity index (χ1n) is 7.34. The monoisotopic (exact) mass is 266 g/mol. The summed E-state index contributed by atoms with van der Waals surface area (Å²) >= 11 is 0. The number of fused-ring (bicyclic) bond motifs is 1.